The summed E-state index contributed by atoms with van der Waals surface area (Å²) in [6.45, 7) is 6.94. The van der Waals surface area contributed by atoms with Gasteiger partial charge in [0, 0.05) is 0 Å². The smallest absolute Gasteiger partial charge is 0.294 e. The number of benzene rings is 2. The molecule has 0 aliphatic carbocycles. The first-order chi connectivity index (χ1) is 15.5. The number of aromatic amines is 1. The monoisotopic (exact) mass is 435 g/mol. The van der Waals surface area contributed by atoms with E-state index in [0.717, 1.165) is 48.3 Å². The first-order valence-corrected chi connectivity index (χ1v) is 11.4. The number of nitrogens with zero attached hydrogens (tertiary/aromatic N) is 1. The highest BCUT2D eigenvalue weighted by molar-refractivity contribution is 5.86. The number of rotatable bonds is 4. The molecule has 5 rings (SSSR count). The number of imidazole rings is 1. The summed E-state index contributed by atoms with van der Waals surface area (Å²) in [7, 11) is 4.15. The number of piperazine rings is 1. The van der Waals surface area contributed by atoms with Gasteiger partial charge in [-0.1, -0.05) is 19.1 Å². The van der Waals surface area contributed by atoms with Gasteiger partial charge in [-0.2, -0.15) is 0 Å². The van der Waals surface area contributed by atoms with Gasteiger partial charge in [-0.15, -0.1) is 0 Å². The normalized spacial score (nSPS) is 19.1. The molecule has 0 spiro atoms. The Labute approximate surface area is 186 Å². The molecule has 0 unspecified atom stereocenters. The molecular formula is C25H31N4O3+3. The van der Waals surface area contributed by atoms with Crippen LogP contribution in [0.3, 0.4) is 0 Å². The minimum atomic E-state index is -0.0813. The Kier molecular flexibility index (Phi) is 5.23. The van der Waals surface area contributed by atoms with Crippen molar-refractivity contribution < 1.29 is 23.9 Å². The Morgan fingerprint density at radius 3 is 2.66 bits per heavy atom. The number of para-hydroxylation sites is 2. The molecule has 1 aliphatic heterocycles. The summed E-state index contributed by atoms with van der Waals surface area (Å²) < 4.78 is 8.07. The van der Waals surface area contributed by atoms with Crippen molar-refractivity contribution in [3.63, 3.8) is 0 Å². The molecule has 3 heterocycles. The molecule has 0 saturated carbocycles. The van der Waals surface area contributed by atoms with E-state index in [1.807, 2.05) is 42.8 Å². The maximum absolute atomic E-state index is 13.6. The van der Waals surface area contributed by atoms with Gasteiger partial charge in [0.1, 0.15) is 55.9 Å². The molecule has 4 N–H and O–H groups in total. The summed E-state index contributed by atoms with van der Waals surface area (Å²) in [4.78, 5) is 19.9. The lowest BCUT2D eigenvalue weighted by Crippen LogP contribution is -3.26. The van der Waals surface area contributed by atoms with Crippen LogP contribution < -0.4 is 19.8 Å². The largest absolute Gasteiger partial charge is 0.507 e. The fourth-order valence-electron chi connectivity index (χ4n) is 4.90. The van der Waals surface area contributed by atoms with Crippen molar-refractivity contribution in [1.82, 2.24) is 4.98 Å². The van der Waals surface area contributed by atoms with Gasteiger partial charge in [-0.3, -0.25) is 4.79 Å². The van der Waals surface area contributed by atoms with Crippen LogP contribution in [0.2, 0.25) is 0 Å². The maximum atomic E-state index is 13.6. The molecule has 0 atom stereocenters. The van der Waals surface area contributed by atoms with E-state index in [9.17, 15) is 9.90 Å². The predicted octanol–water partition coefficient (Wildman–Crippen LogP) is -0.0530. The number of hydrogen-bond donors (Lipinski definition) is 4. The number of likely N-dealkylation sites (N-methyl/N-ethyl adjacent to an activating group) is 1. The number of phenols is 1. The van der Waals surface area contributed by atoms with Crippen molar-refractivity contribution >= 4 is 22.0 Å². The van der Waals surface area contributed by atoms with Gasteiger partial charge in [-0.25, -0.2) is 9.55 Å². The molecule has 7 heteroatoms. The summed E-state index contributed by atoms with van der Waals surface area (Å²) in [6, 6.07) is 9.76. The standard InChI is InChI=1S/C25H28N4O3/c1-4-16-13-17-23(31)19(25-26-20-7-5-6-8-21(20)28(25)3)15-32-24(17)18(22(16)30)14-29-11-9-27(2)10-12-29/h5-8,13,15H,4,9-12,14H2,1-3H3,(H,30,31)/p+3. The van der Waals surface area contributed by atoms with Gasteiger partial charge in [-0.05, 0) is 30.2 Å². The highest BCUT2D eigenvalue weighted by Crippen LogP contribution is 2.31. The van der Waals surface area contributed by atoms with Crippen LogP contribution in [0, 0.1) is 0 Å². The van der Waals surface area contributed by atoms with E-state index in [2.05, 4.69) is 12.0 Å². The van der Waals surface area contributed by atoms with Crippen LogP contribution in [-0.4, -0.2) is 43.3 Å². The molecule has 4 aromatic rings. The second-order valence-corrected chi connectivity index (χ2v) is 9.01. The second-order valence-electron chi connectivity index (χ2n) is 9.01. The van der Waals surface area contributed by atoms with Gasteiger partial charge in [0.25, 0.3) is 5.82 Å². The van der Waals surface area contributed by atoms with Crippen LogP contribution in [0.1, 0.15) is 18.1 Å². The minimum absolute atomic E-state index is 0.0813. The molecule has 1 fully saturated rings. The molecule has 7 nitrogen and oxygen atoms in total. The van der Waals surface area contributed by atoms with E-state index in [1.54, 1.807) is 6.07 Å². The summed E-state index contributed by atoms with van der Waals surface area (Å²) in [5.74, 6) is 0.980. The third-order valence-corrected chi connectivity index (χ3v) is 6.94. The van der Waals surface area contributed by atoms with Crippen molar-refractivity contribution in [2.75, 3.05) is 33.2 Å². The molecule has 1 aliphatic rings. The topological polar surface area (TPSA) is 79.0 Å². The van der Waals surface area contributed by atoms with Crippen LogP contribution in [0.5, 0.6) is 5.75 Å². The number of aryl methyl sites for hydroxylation is 2. The first kappa shape index (κ1) is 20.7. The Balaban J connectivity index is 1.66. The van der Waals surface area contributed by atoms with Crippen LogP contribution in [-0.2, 0) is 20.0 Å². The molecule has 0 radical (unpaired) electrons. The minimum Gasteiger partial charge on any atom is -0.507 e. The average Bonchev–Trinajstić information content (AvgIpc) is 3.13. The van der Waals surface area contributed by atoms with Crippen LogP contribution in [0.15, 0.2) is 45.8 Å². The second kappa shape index (κ2) is 8.07. The lowest BCUT2D eigenvalue weighted by molar-refractivity contribution is -1.01. The van der Waals surface area contributed by atoms with Crippen LogP contribution in [0.4, 0.5) is 0 Å². The molecule has 0 bridgehead atoms. The van der Waals surface area contributed by atoms with Gasteiger partial charge in [0.2, 0.25) is 5.43 Å². The van der Waals surface area contributed by atoms with Gasteiger partial charge < -0.3 is 19.3 Å². The fraction of sp³-hybridized carbons (Fsp3) is 0.360. The number of aromatic hydroxyl groups is 1. The zero-order valence-electron chi connectivity index (χ0n) is 18.9. The summed E-state index contributed by atoms with van der Waals surface area (Å²) in [6.07, 6.45) is 2.19. The first-order valence-electron chi connectivity index (χ1n) is 11.4. The van der Waals surface area contributed by atoms with Crippen molar-refractivity contribution in [2.24, 2.45) is 7.05 Å². The Morgan fingerprint density at radius 1 is 1.19 bits per heavy atom. The molecule has 2 aromatic heterocycles. The fourth-order valence-corrected chi connectivity index (χ4v) is 4.90. The van der Waals surface area contributed by atoms with Crippen LogP contribution in [0.25, 0.3) is 33.4 Å². The predicted molar refractivity (Wildman–Crippen MR) is 123 cm³/mol. The number of nitrogens with one attached hydrogen (secondary N) is 3. The molecule has 0 amide bonds. The molecule has 32 heavy (non-hydrogen) atoms. The van der Waals surface area contributed by atoms with Crippen molar-refractivity contribution in [2.45, 2.75) is 19.9 Å². The molecule has 166 valence electrons. The highest BCUT2D eigenvalue weighted by atomic mass is 16.3. The highest BCUT2D eigenvalue weighted by Gasteiger charge is 2.27. The van der Waals surface area contributed by atoms with E-state index >= 15 is 0 Å². The van der Waals surface area contributed by atoms with Gasteiger partial charge in [0.15, 0.2) is 11.0 Å². The van der Waals surface area contributed by atoms with E-state index < -0.39 is 0 Å². The lowest BCUT2D eigenvalue weighted by atomic mass is 10.0. The molecular weight excluding hydrogens is 404 g/mol. The number of H-pyrrole nitrogens is 1. The number of hydrogen-bond acceptors (Lipinski definition) is 3. The Bertz CT molecular complexity index is 1360. The number of aromatic nitrogens is 2. The lowest BCUT2D eigenvalue weighted by Gasteiger charge is -2.27. The van der Waals surface area contributed by atoms with E-state index in [1.165, 1.54) is 16.1 Å². The van der Waals surface area contributed by atoms with Gasteiger partial charge >= 0.3 is 0 Å². The zero-order valence-corrected chi connectivity index (χ0v) is 18.9. The van der Waals surface area contributed by atoms with E-state index in [-0.39, 0.29) is 11.2 Å². The van der Waals surface area contributed by atoms with Crippen molar-refractivity contribution in [3.05, 3.63) is 57.9 Å². The summed E-state index contributed by atoms with van der Waals surface area (Å²) in [5.41, 5.74) is 4.43. The molecule has 2 aromatic carbocycles. The molecule has 1 saturated heterocycles. The number of phenolic OH excluding ortho intramolecular Hbond substituents is 1. The quantitative estimate of drug-likeness (QED) is 0.340. The van der Waals surface area contributed by atoms with Crippen molar-refractivity contribution in [3.8, 4) is 17.1 Å². The summed E-state index contributed by atoms with van der Waals surface area (Å²) >= 11 is 0. The third kappa shape index (κ3) is 3.38. The van der Waals surface area contributed by atoms with Crippen LogP contribution >= 0.6 is 0 Å². The number of fused-ring (bicyclic) bond motifs is 2. The summed E-state index contributed by atoms with van der Waals surface area (Å²) in [5, 5.41) is 11.5. The SMILES string of the molecule is CCc1cc2c(=O)c(-c3[nH]c4ccccc4[n+]3C)coc2c(C[NH+]2CC[NH+](C)CC2)c1O. The Hall–Kier alpha value is -3.16. The third-order valence-electron chi connectivity index (χ3n) is 6.94. The zero-order chi connectivity index (χ0) is 22.4. The number of quaternary nitrogens is 2. The van der Waals surface area contributed by atoms with E-state index in [0.29, 0.717) is 35.3 Å². The van der Waals surface area contributed by atoms with Gasteiger partial charge in [0.05, 0.1) is 25.0 Å². The van der Waals surface area contributed by atoms with Crippen molar-refractivity contribution in [1.29, 1.82) is 0 Å². The average molecular weight is 436 g/mol. The maximum Gasteiger partial charge on any atom is 0.294 e. The Morgan fingerprint density at radius 2 is 1.94 bits per heavy atom. The van der Waals surface area contributed by atoms with E-state index in [4.69, 9.17) is 4.42 Å².